The average molecular weight is 403 g/mol. The number of nitro benzene ring substituents is 1. The van der Waals surface area contributed by atoms with E-state index < -0.39 is 11.0 Å². The van der Waals surface area contributed by atoms with E-state index >= 15 is 0 Å². The van der Waals surface area contributed by atoms with Crippen LogP contribution in [0.5, 0.6) is 0 Å². The average Bonchev–Trinajstić information content (AvgIpc) is 3.29. The third-order valence-electron chi connectivity index (χ3n) is 4.92. The van der Waals surface area contributed by atoms with Crippen LogP contribution in [0, 0.1) is 10.1 Å². The Hall–Kier alpha value is -3.94. The van der Waals surface area contributed by atoms with Gasteiger partial charge in [0.1, 0.15) is 5.82 Å². The fourth-order valence-electron chi connectivity index (χ4n) is 3.42. The Morgan fingerprint density at radius 3 is 2.37 bits per heavy atom. The van der Waals surface area contributed by atoms with Gasteiger partial charge in [-0.3, -0.25) is 10.1 Å². The Kier molecular flexibility index (Phi) is 5.56. The highest BCUT2D eigenvalue weighted by Crippen LogP contribution is 2.25. The van der Waals surface area contributed by atoms with Gasteiger partial charge in [0.2, 0.25) is 0 Å². The first kappa shape index (κ1) is 19.4. The zero-order chi connectivity index (χ0) is 20.9. The highest BCUT2D eigenvalue weighted by molar-refractivity contribution is 6.00. The van der Waals surface area contributed by atoms with Crippen LogP contribution in [0.1, 0.15) is 12.8 Å². The molecule has 0 unspecified atom stereocenters. The molecule has 1 fully saturated rings. The number of nitro groups is 1. The third-order valence-corrected chi connectivity index (χ3v) is 4.92. The second-order valence-corrected chi connectivity index (χ2v) is 7.04. The quantitative estimate of drug-likeness (QED) is 0.466. The molecule has 2 amide bonds. The lowest BCUT2D eigenvalue weighted by Gasteiger charge is -2.17. The van der Waals surface area contributed by atoms with Crippen molar-refractivity contribution in [3.63, 3.8) is 0 Å². The normalized spacial score (nSPS) is 13.1. The van der Waals surface area contributed by atoms with Crippen molar-refractivity contribution in [2.75, 3.05) is 28.6 Å². The van der Waals surface area contributed by atoms with Crippen molar-refractivity contribution in [3.05, 3.63) is 76.8 Å². The van der Waals surface area contributed by atoms with Crippen molar-refractivity contribution >= 4 is 28.9 Å². The Labute approximate surface area is 173 Å². The van der Waals surface area contributed by atoms with Gasteiger partial charge >= 0.3 is 6.03 Å². The van der Waals surface area contributed by atoms with E-state index in [4.69, 9.17) is 4.98 Å². The smallest absolute Gasteiger partial charge is 0.323 e. The minimum Gasteiger partial charge on any atom is -0.357 e. The van der Waals surface area contributed by atoms with Gasteiger partial charge in [0, 0.05) is 42.2 Å². The molecule has 0 bridgehead atoms. The lowest BCUT2D eigenvalue weighted by molar-refractivity contribution is -0.384. The number of hydrogen-bond acceptors (Lipinski definition) is 5. The molecule has 0 aliphatic carbocycles. The molecule has 2 heterocycles. The topological polar surface area (TPSA) is 100 Å². The summed E-state index contributed by atoms with van der Waals surface area (Å²) in [5.41, 5.74) is 2.81. The van der Waals surface area contributed by atoms with E-state index in [1.54, 1.807) is 6.07 Å². The molecule has 0 saturated carbocycles. The van der Waals surface area contributed by atoms with E-state index in [2.05, 4.69) is 15.5 Å². The van der Waals surface area contributed by atoms with E-state index in [1.165, 1.54) is 37.1 Å². The van der Waals surface area contributed by atoms with E-state index in [1.807, 2.05) is 36.4 Å². The minimum atomic E-state index is -0.484. The maximum Gasteiger partial charge on any atom is 0.323 e. The number of amides is 2. The number of anilines is 3. The van der Waals surface area contributed by atoms with E-state index in [9.17, 15) is 14.9 Å². The Balaban J connectivity index is 1.45. The van der Waals surface area contributed by atoms with Crippen molar-refractivity contribution < 1.29 is 9.72 Å². The number of nitrogens with one attached hydrogen (secondary N) is 2. The number of urea groups is 1. The summed E-state index contributed by atoms with van der Waals surface area (Å²) in [5, 5.41) is 16.2. The molecule has 0 atom stereocenters. The number of carbonyl (C=O) groups is 1. The second-order valence-electron chi connectivity index (χ2n) is 7.04. The number of benzene rings is 2. The van der Waals surface area contributed by atoms with Crippen molar-refractivity contribution in [1.29, 1.82) is 0 Å². The van der Waals surface area contributed by atoms with Crippen molar-refractivity contribution in [2.24, 2.45) is 0 Å². The largest absolute Gasteiger partial charge is 0.357 e. The summed E-state index contributed by atoms with van der Waals surface area (Å²) in [5.74, 6) is 0.972. The van der Waals surface area contributed by atoms with Gasteiger partial charge in [-0.1, -0.05) is 18.2 Å². The predicted molar refractivity (Wildman–Crippen MR) is 117 cm³/mol. The second kappa shape index (κ2) is 8.60. The first-order valence-corrected chi connectivity index (χ1v) is 9.73. The molecule has 8 heteroatoms. The monoisotopic (exact) mass is 403 g/mol. The lowest BCUT2D eigenvalue weighted by atomic mass is 10.1. The molecule has 30 heavy (non-hydrogen) atoms. The van der Waals surface area contributed by atoms with E-state index in [0.717, 1.165) is 30.2 Å². The van der Waals surface area contributed by atoms with Gasteiger partial charge in [0.05, 0.1) is 10.6 Å². The van der Waals surface area contributed by atoms with E-state index in [-0.39, 0.29) is 5.69 Å². The summed E-state index contributed by atoms with van der Waals surface area (Å²) in [6, 6.07) is 18.7. The molecule has 1 aliphatic heterocycles. The number of aromatic nitrogens is 1. The fourth-order valence-corrected chi connectivity index (χ4v) is 3.42. The molecule has 4 rings (SSSR count). The summed E-state index contributed by atoms with van der Waals surface area (Å²) in [7, 11) is 0. The van der Waals surface area contributed by atoms with Gasteiger partial charge in [-0.2, -0.15) is 0 Å². The van der Waals surface area contributed by atoms with Gasteiger partial charge in [-0.15, -0.1) is 0 Å². The standard InChI is InChI=1S/C22H21N5O3/c28-22(23-17-9-11-19(12-10-17)27(29)30)24-18-6-3-5-16(15-18)20-7-4-8-21(25-20)26-13-1-2-14-26/h3-12,15H,1-2,13-14H2,(H2,23,24,28). The maximum absolute atomic E-state index is 12.3. The van der Waals surface area contributed by atoms with Crippen LogP contribution in [0.4, 0.5) is 27.7 Å². The number of hydrogen-bond donors (Lipinski definition) is 2. The van der Waals surface area contributed by atoms with Crippen LogP contribution < -0.4 is 15.5 Å². The van der Waals surface area contributed by atoms with Crippen LogP contribution in [0.3, 0.4) is 0 Å². The summed E-state index contributed by atoms with van der Waals surface area (Å²) >= 11 is 0. The molecule has 152 valence electrons. The zero-order valence-electron chi connectivity index (χ0n) is 16.2. The van der Waals surface area contributed by atoms with Gasteiger partial charge in [0.25, 0.3) is 5.69 Å². The highest BCUT2D eigenvalue weighted by atomic mass is 16.6. The Morgan fingerprint density at radius 2 is 1.63 bits per heavy atom. The Bertz CT molecular complexity index is 1060. The summed E-state index contributed by atoms with van der Waals surface area (Å²) < 4.78 is 0. The maximum atomic E-state index is 12.3. The fraction of sp³-hybridized carbons (Fsp3) is 0.182. The molecule has 0 spiro atoms. The predicted octanol–water partition coefficient (Wildman–Crippen LogP) is 4.90. The highest BCUT2D eigenvalue weighted by Gasteiger charge is 2.14. The van der Waals surface area contributed by atoms with Crippen LogP contribution in [0.15, 0.2) is 66.7 Å². The van der Waals surface area contributed by atoms with Gasteiger partial charge < -0.3 is 15.5 Å². The molecular weight excluding hydrogens is 382 g/mol. The van der Waals surface area contributed by atoms with E-state index in [0.29, 0.717) is 11.4 Å². The third kappa shape index (κ3) is 4.54. The van der Waals surface area contributed by atoms with Crippen LogP contribution in [-0.2, 0) is 0 Å². The van der Waals surface area contributed by atoms with Crippen molar-refractivity contribution in [2.45, 2.75) is 12.8 Å². The molecule has 2 aromatic carbocycles. The van der Waals surface area contributed by atoms with Crippen molar-refractivity contribution in [1.82, 2.24) is 4.98 Å². The molecule has 8 nitrogen and oxygen atoms in total. The molecule has 0 radical (unpaired) electrons. The first-order chi connectivity index (χ1) is 14.6. The SMILES string of the molecule is O=C(Nc1ccc([N+](=O)[O-])cc1)Nc1cccc(-c2cccc(N3CCCC3)n2)c1. The van der Waals surface area contributed by atoms with Gasteiger partial charge in [-0.25, -0.2) is 9.78 Å². The van der Waals surface area contributed by atoms with Crippen LogP contribution in [-0.4, -0.2) is 29.0 Å². The molecule has 1 aromatic heterocycles. The molecule has 1 saturated heterocycles. The zero-order valence-corrected chi connectivity index (χ0v) is 16.2. The van der Waals surface area contributed by atoms with Crippen LogP contribution in [0.2, 0.25) is 0 Å². The molecular formula is C22H21N5O3. The number of non-ortho nitro benzene ring substituents is 1. The number of nitrogens with zero attached hydrogens (tertiary/aromatic N) is 3. The summed E-state index contributed by atoms with van der Waals surface area (Å²) in [4.78, 5) is 29.6. The van der Waals surface area contributed by atoms with Gasteiger partial charge in [0.15, 0.2) is 0 Å². The van der Waals surface area contributed by atoms with Crippen LogP contribution >= 0.6 is 0 Å². The number of carbonyl (C=O) groups excluding carboxylic acids is 1. The van der Waals surface area contributed by atoms with Crippen LogP contribution in [0.25, 0.3) is 11.3 Å². The number of pyridine rings is 1. The number of rotatable bonds is 5. The molecule has 2 N–H and O–H groups in total. The Morgan fingerprint density at radius 1 is 0.933 bits per heavy atom. The van der Waals surface area contributed by atoms with Crippen molar-refractivity contribution in [3.8, 4) is 11.3 Å². The summed E-state index contributed by atoms with van der Waals surface area (Å²) in [6.45, 7) is 2.06. The first-order valence-electron chi connectivity index (χ1n) is 9.73. The molecule has 3 aromatic rings. The molecule has 1 aliphatic rings. The van der Waals surface area contributed by atoms with Gasteiger partial charge in [-0.05, 0) is 49.2 Å². The minimum absolute atomic E-state index is 0.0303. The summed E-state index contributed by atoms with van der Waals surface area (Å²) in [6.07, 6.45) is 2.38. The lowest BCUT2D eigenvalue weighted by Crippen LogP contribution is -2.19.